The van der Waals surface area contributed by atoms with Crippen LogP contribution in [0.4, 0.5) is 5.69 Å². The summed E-state index contributed by atoms with van der Waals surface area (Å²) in [5.41, 5.74) is 3.29. The molecular formula is C15H15ClNO2S-. The smallest absolute Gasteiger partial charge is 0.123 e. The minimum absolute atomic E-state index is 0.140. The summed E-state index contributed by atoms with van der Waals surface area (Å²) < 4.78 is 28.5. The van der Waals surface area contributed by atoms with E-state index >= 15 is 0 Å². The van der Waals surface area contributed by atoms with Gasteiger partial charge in [-0.1, -0.05) is 40.4 Å². The van der Waals surface area contributed by atoms with Crippen LogP contribution < -0.4 is 0 Å². The van der Waals surface area contributed by atoms with Crippen LogP contribution in [0.15, 0.2) is 41.3 Å². The number of nitrogens with zero attached hydrogens (tertiary/aromatic N) is 1. The van der Waals surface area contributed by atoms with E-state index in [1.807, 2.05) is 32.9 Å². The number of hydrogen-bond acceptors (Lipinski definition) is 2. The molecule has 0 bridgehead atoms. The van der Waals surface area contributed by atoms with Gasteiger partial charge in [0.05, 0.1) is 4.90 Å². The molecule has 0 saturated carbocycles. The van der Waals surface area contributed by atoms with Gasteiger partial charge in [0.1, 0.15) is 10.0 Å². The number of aryl methyl sites for hydroxylation is 3. The van der Waals surface area contributed by atoms with Crippen LogP contribution in [-0.2, 0) is 10.0 Å². The highest BCUT2D eigenvalue weighted by Gasteiger charge is 2.07. The molecule has 106 valence electrons. The van der Waals surface area contributed by atoms with Crippen molar-refractivity contribution in [3.63, 3.8) is 0 Å². The average molecular weight is 309 g/mol. The third-order valence-corrected chi connectivity index (χ3v) is 4.50. The number of halogens is 1. The summed E-state index contributed by atoms with van der Waals surface area (Å²) in [5, 5.41) is 0.492. The summed E-state index contributed by atoms with van der Waals surface area (Å²) in [4.78, 5) is 0.140. The van der Waals surface area contributed by atoms with E-state index < -0.39 is 10.0 Å². The SMILES string of the molecule is Cc1cc(C)c([N-]S(=O)(=O)c2ccc(Cl)cc2)c(C)c1. The van der Waals surface area contributed by atoms with Crippen LogP contribution in [0.1, 0.15) is 16.7 Å². The molecule has 5 heteroatoms. The lowest BCUT2D eigenvalue weighted by Crippen LogP contribution is -1.99. The van der Waals surface area contributed by atoms with E-state index in [0.29, 0.717) is 10.7 Å². The van der Waals surface area contributed by atoms with Gasteiger partial charge in [-0.15, -0.1) is 5.69 Å². The quantitative estimate of drug-likeness (QED) is 0.828. The van der Waals surface area contributed by atoms with Gasteiger partial charge in [0.25, 0.3) is 0 Å². The van der Waals surface area contributed by atoms with Crippen LogP contribution in [0.3, 0.4) is 0 Å². The molecule has 0 aliphatic heterocycles. The Bertz CT molecular complexity index is 714. The molecule has 0 radical (unpaired) electrons. The predicted octanol–water partition coefficient (Wildman–Crippen LogP) is 4.66. The molecule has 0 atom stereocenters. The molecule has 2 aromatic carbocycles. The van der Waals surface area contributed by atoms with Gasteiger partial charge in [0.15, 0.2) is 0 Å². The van der Waals surface area contributed by atoms with Gasteiger partial charge in [-0.2, -0.15) is 0 Å². The predicted molar refractivity (Wildman–Crippen MR) is 82.3 cm³/mol. The average Bonchev–Trinajstić information content (AvgIpc) is 2.34. The monoisotopic (exact) mass is 308 g/mol. The van der Waals surface area contributed by atoms with Crippen LogP contribution in [-0.4, -0.2) is 8.42 Å². The molecule has 0 aliphatic rings. The number of sulfonamides is 1. The molecule has 0 spiro atoms. The minimum Gasteiger partial charge on any atom is -0.572 e. The summed E-state index contributed by atoms with van der Waals surface area (Å²) in [7, 11) is -3.72. The maximum atomic E-state index is 12.3. The normalized spacial score (nSPS) is 11.4. The zero-order chi connectivity index (χ0) is 14.9. The van der Waals surface area contributed by atoms with E-state index in [1.54, 1.807) is 12.1 Å². The van der Waals surface area contributed by atoms with E-state index in [0.717, 1.165) is 16.7 Å². The number of benzene rings is 2. The van der Waals surface area contributed by atoms with Crippen LogP contribution in [0.5, 0.6) is 0 Å². The van der Waals surface area contributed by atoms with Gasteiger partial charge in [-0.05, 0) is 45.0 Å². The molecule has 3 nitrogen and oxygen atoms in total. The van der Waals surface area contributed by atoms with Crippen LogP contribution in [0.25, 0.3) is 4.72 Å². The summed E-state index contributed by atoms with van der Waals surface area (Å²) in [6, 6.07) is 9.84. The Morgan fingerprint density at radius 2 is 1.45 bits per heavy atom. The Hall–Kier alpha value is -1.52. The van der Waals surface area contributed by atoms with E-state index in [-0.39, 0.29) is 4.90 Å². The lowest BCUT2D eigenvalue weighted by Gasteiger charge is -2.26. The highest BCUT2D eigenvalue weighted by Crippen LogP contribution is 2.34. The minimum atomic E-state index is -3.72. The lowest BCUT2D eigenvalue weighted by atomic mass is 10.1. The lowest BCUT2D eigenvalue weighted by molar-refractivity contribution is 0.603. The van der Waals surface area contributed by atoms with Crippen LogP contribution >= 0.6 is 11.6 Å². The van der Waals surface area contributed by atoms with Crippen molar-refractivity contribution >= 4 is 27.3 Å². The first-order chi connectivity index (χ1) is 9.29. The topological polar surface area (TPSA) is 48.2 Å². The van der Waals surface area contributed by atoms with E-state index in [2.05, 4.69) is 4.72 Å². The van der Waals surface area contributed by atoms with Crippen molar-refractivity contribution < 1.29 is 8.42 Å². The summed E-state index contributed by atoms with van der Waals surface area (Å²) >= 11 is 5.76. The number of rotatable bonds is 3. The molecule has 0 saturated heterocycles. The second-order valence-electron chi connectivity index (χ2n) is 4.77. The van der Waals surface area contributed by atoms with E-state index in [1.165, 1.54) is 12.1 Å². The van der Waals surface area contributed by atoms with Gasteiger partial charge in [-0.3, -0.25) is 0 Å². The Labute approximate surface area is 124 Å². The fraction of sp³-hybridized carbons (Fsp3) is 0.200. The summed E-state index contributed by atoms with van der Waals surface area (Å²) in [6.07, 6.45) is 0. The summed E-state index contributed by atoms with van der Waals surface area (Å²) in [5.74, 6) is 0. The number of hydrogen-bond donors (Lipinski definition) is 0. The van der Waals surface area contributed by atoms with Crippen molar-refractivity contribution in [3.8, 4) is 0 Å². The second kappa shape index (κ2) is 5.46. The molecule has 0 unspecified atom stereocenters. The zero-order valence-corrected chi connectivity index (χ0v) is 13.1. The van der Waals surface area contributed by atoms with Crippen molar-refractivity contribution in [1.29, 1.82) is 0 Å². The standard InChI is InChI=1S/C15H15ClNO2S/c1-10-8-11(2)15(12(3)9-10)17-20(18,19)14-6-4-13(16)5-7-14/h4-9H,1-3H3/q-1. The first kappa shape index (κ1) is 14.9. The third-order valence-electron chi connectivity index (χ3n) is 2.96. The molecule has 0 fully saturated rings. The highest BCUT2D eigenvalue weighted by molar-refractivity contribution is 7.94. The van der Waals surface area contributed by atoms with Crippen LogP contribution in [0, 0.1) is 20.8 Å². The first-order valence-electron chi connectivity index (χ1n) is 6.11. The van der Waals surface area contributed by atoms with Crippen molar-refractivity contribution in [2.24, 2.45) is 0 Å². The first-order valence-corrected chi connectivity index (χ1v) is 7.93. The second-order valence-corrected chi connectivity index (χ2v) is 6.81. The van der Waals surface area contributed by atoms with Crippen LogP contribution in [0.2, 0.25) is 5.02 Å². The Kier molecular flexibility index (Phi) is 4.06. The molecule has 0 amide bonds. The molecule has 0 aromatic heterocycles. The zero-order valence-electron chi connectivity index (χ0n) is 11.5. The molecule has 20 heavy (non-hydrogen) atoms. The Morgan fingerprint density at radius 1 is 0.950 bits per heavy atom. The molecule has 0 N–H and O–H groups in total. The molecule has 2 rings (SSSR count). The Morgan fingerprint density at radius 3 is 1.95 bits per heavy atom. The van der Waals surface area contributed by atoms with Gasteiger partial charge < -0.3 is 4.72 Å². The molecule has 0 aliphatic carbocycles. The van der Waals surface area contributed by atoms with Crippen molar-refractivity contribution in [2.75, 3.05) is 0 Å². The van der Waals surface area contributed by atoms with Crippen molar-refractivity contribution in [2.45, 2.75) is 25.7 Å². The fourth-order valence-electron chi connectivity index (χ4n) is 2.10. The van der Waals surface area contributed by atoms with Crippen molar-refractivity contribution in [1.82, 2.24) is 0 Å². The largest absolute Gasteiger partial charge is 0.572 e. The van der Waals surface area contributed by atoms with Gasteiger partial charge in [-0.25, -0.2) is 8.42 Å². The van der Waals surface area contributed by atoms with E-state index in [4.69, 9.17) is 11.6 Å². The van der Waals surface area contributed by atoms with E-state index in [9.17, 15) is 8.42 Å². The Balaban J connectivity index is 2.41. The summed E-state index contributed by atoms with van der Waals surface area (Å²) in [6.45, 7) is 5.68. The maximum Gasteiger partial charge on any atom is 0.123 e. The molecule has 2 aromatic rings. The third kappa shape index (κ3) is 3.14. The fourth-order valence-corrected chi connectivity index (χ4v) is 3.34. The highest BCUT2D eigenvalue weighted by atomic mass is 35.5. The van der Waals surface area contributed by atoms with Gasteiger partial charge in [0, 0.05) is 5.02 Å². The van der Waals surface area contributed by atoms with Gasteiger partial charge >= 0.3 is 0 Å². The molecule has 0 heterocycles. The maximum absolute atomic E-state index is 12.3. The molecular weight excluding hydrogens is 294 g/mol. The van der Waals surface area contributed by atoms with Crippen molar-refractivity contribution in [3.05, 3.63) is 62.8 Å². The van der Waals surface area contributed by atoms with Gasteiger partial charge in [0.2, 0.25) is 0 Å².